The number of nitriles is 1. The molecule has 0 fully saturated rings. The van der Waals surface area contributed by atoms with Gasteiger partial charge >= 0.3 is 0 Å². The van der Waals surface area contributed by atoms with Crippen molar-refractivity contribution in [2.24, 2.45) is 0 Å². The Morgan fingerprint density at radius 2 is 2.11 bits per heavy atom. The molecule has 1 atom stereocenters. The van der Waals surface area contributed by atoms with Gasteiger partial charge in [0.2, 0.25) is 0 Å². The maximum Gasteiger partial charge on any atom is 0.280 e. The number of para-hydroxylation sites is 1. The zero-order chi connectivity index (χ0) is 18.8. The van der Waals surface area contributed by atoms with Gasteiger partial charge in [0.15, 0.2) is 6.54 Å². The molecule has 1 unspecified atom stereocenters. The number of thiophene rings is 1. The Morgan fingerprint density at radius 1 is 1.30 bits per heavy atom. The Hall–Kier alpha value is -2.27. The molecule has 2 aromatic heterocycles. The SMILES string of the molecule is C[NH+](CC(=O)Nc1sc2c(c1C#N)CCCC2)Cc1nc2ccccc2s1. The van der Waals surface area contributed by atoms with Crippen molar-refractivity contribution < 1.29 is 9.69 Å². The van der Waals surface area contributed by atoms with Gasteiger partial charge in [-0.2, -0.15) is 5.26 Å². The molecule has 0 spiro atoms. The number of fused-ring (bicyclic) bond motifs is 2. The van der Waals surface area contributed by atoms with Gasteiger partial charge in [0.1, 0.15) is 22.6 Å². The van der Waals surface area contributed by atoms with E-state index in [1.54, 1.807) is 22.7 Å². The van der Waals surface area contributed by atoms with Gasteiger partial charge in [0.25, 0.3) is 5.91 Å². The van der Waals surface area contributed by atoms with E-state index in [4.69, 9.17) is 0 Å². The number of benzene rings is 1. The van der Waals surface area contributed by atoms with Crippen molar-refractivity contribution in [1.29, 1.82) is 5.26 Å². The van der Waals surface area contributed by atoms with Crippen LogP contribution in [-0.2, 0) is 24.2 Å². The number of carbonyl (C=O) groups excluding carboxylic acids is 1. The van der Waals surface area contributed by atoms with E-state index in [2.05, 4.69) is 22.4 Å². The summed E-state index contributed by atoms with van der Waals surface area (Å²) in [5.41, 5.74) is 2.84. The summed E-state index contributed by atoms with van der Waals surface area (Å²) in [5, 5.41) is 14.3. The molecule has 1 amide bonds. The van der Waals surface area contributed by atoms with Gasteiger partial charge in [-0.3, -0.25) is 4.79 Å². The highest BCUT2D eigenvalue weighted by Gasteiger charge is 2.22. The molecule has 1 aliphatic carbocycles. The zero-order valence-electron chi connectivity index (χ0n) is 15.2. The van der Waals surface area contributed by atoms with Gasteiger partial charge in [-0.15, -0.1) is 22.7 Å². The highest BCUT2D eigenvalue weighted by atomic mass is 32.1. The molecule has 2 heterocycles. The van der Waals surface area contributed by atoms with Crippen molar-refractivity contribution in [3.05, 3.63) is 45.3 Å². The van der Waals surface area contributed by atoms with E-state index in [-0.39, 0.29) is 5.91 Å². The average Bonchev–Trinajstić information content (AvgIpc) is 3.20. The molecule has 4 rings (SSSR count). The van der Waals surface area contributed by atoms with Crippen molar-refractivity contribution in [2.45, 2.75) is 32.2 Å². The Bertz CT molecular complexity index is 997. The third-order valence-electron chi connectivity index (χ3n) is 4.79. The lowest BCUT2D eigenvalue weighted by atomic mass is 9.96. The lowest BCUT2D eigenvalue weighted by Crippen LogP contribution is -3.08. The summed E-state index contributed by atoms with van der Waals surface area (Å²) in [5.74, 6) is -0.0521. The molecule has 0 saturated heterocycles. The second-order valence-electron chi connectivity index (χ2n) is 6.96. The quantitative estimate of drug-likeness (QED) is 0.695. The number of nitrogens with zero attached hydrogens (tertiary/aromatic N) is 2. The van der Waals surface area contributed by atoms with E-state index < -0.39 is 0 Å². The first-order valence-electron chi connectivity index (χ1n) is 9.14. The third kappa shape index (κ3) is 3.88. The van der Waals surface area contributed by atoms with E-state index in [1.807, 2.05) is 25.2 Å². The number of hydrogen-bond donors (Lipinski definition) is 2. The van der Waals surface area contributed by atoms with Crippen molar-refractivity contribution in [3.63, 3.8) is 0 Å². The summed E-state index contributed by atoms with van der Waals surface area (Å²) in [4.78, 5) is 19.5. The molecule has 138 valence electrons. The molecular formula is C20H21N4OS2+. The fourth-order valence-corrected chi connectivity index (χ4v) is 5.87. The molecule has 27 heavy (non-hydrogen) atoms. The minimum absolute atomic E-state index is 0.0521. The minimum atomic E-state index is -0.0521. The summed E-state index contributed by atoms with van der Waals surface area (Å²) < 4.78 is 1.17. The van der Waals surface area contributed by atoms with Crippen LogP contribution in [0.5, 0.6) is 0 Å². The number of aromatic nitrogens is 1. The minimum Gasteiger partial charge on any atom is -0.324 e. The fourth-order valence-electron chi connectivity index (χ4n) is 3.53. The predicted molar refractivity (Wildman–Crippen MR) is 109 cm³/mol. The topological polar surface area (TPSA) is 70.2 Å². The summed E-state index contributed by atoms with van der Waals surface area (Å²) in [6, 6.07) is 10.4. The highest BCUT2D eigenvalue weighted by molar-refractivity contribution is 7.18. The number of quaternary nitrogens is 1. The van der Waals surface area contributed by atoms with Crippen LogP contribution in [0.2, 0.25) is 0 Å². The number of anilines is 1. The van der Waals surface area contributed by atoms with Crippen LogP contribution in [0.1, 0.15) is 33.9 Å². The number of nitrogens with one attached hydrogen (secondary N) is 2. The lowest BCUT2D eigenvalue weighted by Gasteiger charge is -2.12. The summed E-state index contributed by atoms with van der Waals surface area (Å²) >= 11 is 3.25. The second kappa shape index (κ2) is 7.77. The molecule has 0 radical (unpaired) electrons. The summed E-state index contributed by atoms with van der Waals surface area (Å²) in [6.07, 6.45) is 4.27. The van der Waals surface area contributed by atoms with Gasteiger partial charge in [0, 0.05) is 4.88 Å². The highest BCUT2D eigenvalue weighted by Crippen LogP contribution is 2.37. The first-order valence-corrected chi connectivity index (χ1v) is 10.8. The van der Waals surface area contributed by atoms with Gasteiger partial charge in [-0.05, 0) is 43.4 Å². The predicted octanol–water partition coefficient (Wildman–Crippen LogP) is 2.76. The van der Waals surface area contributed by atoms with E-state index in [0.717, 1.165) is 45.3 Å². The third-order valence-corrected chi connectivity index (χ3v) is 7.03. The Balaban J connectivity index is 1.40. The standard InChI is InChI=1S/C20H20N4OS2/c1-24(12-19-22-15-7-3-5-9-17(15)26-19)11-18(25)23-20-14(10-21)13-6-2-4-8-16(13)27-20/h3,5,7,9H,2,4,6,8,11-12H2,1H3,(H,23,25)/p+1. The van der Waals surface area contributed by atoms with Gasteiger partial charge in [-0.1, -0.05) is 12.1 Å². The van der Waals surface area contributed by atoms with E-state index in [9.17, 15) is 10.1 Å². The molecule has 3 aromatic rings. The Kier molecular flexibility index (Phi) is 5.21. The molecule has 0 bridgehead atoms. The lowest BCUT2D eigenvalue weighted by molar-refractivity contribution is -0.885. The Labute approximate surface area is 166 Å². The molecule has 7 heteroatoms. The van der Waals surface area contributed by atoms with E-state index in [1.165, 1.54) is 16.0 Å². The maximum absolute atomic E-state index is 12.5. The van der Waals surface area contributed by atoms with Crippen LogP contribution in [0.15, 0.2) is 24.3 Å². The summed E-state index contributed by atoms with van der Waals surface area (Å²) in [7, 11) is 2.00. The fraction of sp³-hybridized carbons (Fsp3) is 0.350. The van der Waals surface area contributed by atoms with Crippen LogP contribution in [0, 0.1) is 11.3 Å². The molecule has 1 aromatic carbocycles. The first-order chi connectivity index (χ1) is 13.1. The van der Waals surface area contributed by atoms with Gasteiger partial charge < -0.3 is 10.2 Å². The van der Waals surface area contributed by atoms with Crippen molar-refractivity contribution >= 4 is 43.8 Å². The molecule has 1 aliphatic rings. The largest absolute Gasteiger partial charge is 0.324 e. The molecule has 0 saturated carbocycles. The molecular weight excluding hydrogens is 376 g/mol. The number of carbonyl (C=O) groups is 1. The number of thiazole rings is 1. The maximum atomic E-state index is 12.5. The van der Waals surface area contributed by atoms with E-state index in [0.29, 0.717) is 18.7 Å². The number of hydrogen-bond acceptors (Lipinski definition) is 5. The van der Waals surface area contributed by atoms with Crippen molar-refractivity contribution in [1.82, 2.24) is 4.98 Å². The second-order valence-corrected chi connectivity index (χ2v) is 9.18. The number of amides is 1. The monoisotopic (exact) mass is 397 g/mol. The molecule has 2 N–H and O–H groups in total. The first kappa shape index (κ1) is 18.1. The number of rotatable bonds is 5. The van der Waals surface area contributed by atoms with Crippen LogP contribution in [0.25, 0.3) is 10.2 Å². The number of aryl methyl sites for hydroxylation is 1. The average molecular weight is 398 g/mol. The van der Waals surface area contributed by atoms with Crippen LogP contribution in [0.4, 0.5) is 5.00 Å². The summed E-state index contributed by atoms with van der Waals surface area (Å²) in [6.45, 7) is 1.06. The van der Waals surface area contributed by atoms with Gasteiger partial charge in [-0.25, -0.2) is 4.98 Å². The van der Waals surface area contributed by atoms with Crippen molar-refractivity contribution in [3.8, 4) is 6.07 Å². The zero-order valence-corrected chi connectivity index (χ0v) is 16.8. The van der Waals surface area contributed by atoms with Crippen molar-refractivity contribution in [2.75, 3.05) is 18.9 Å². The van der Waals surface area contributed by atoms with Crippen LogP contribution in [-0.4, -0.2) is 24.5 Å². The number of likely N-dealkylation sites (N-methyl/N-ethyl adjacent to an activating group) is 1. The molecule has 5 nitrogen and oxygen atoms in total. The van der Waals surface area contributed by atoms with Crippen LogP contribution in [0.3, 0.4) is 0 Å². The van der Waals surface area contributed by atoms with Crippen LogP contribution < -0.4 is 10.2 Å². The van der Waals surface area contributed by atoms with Gasteiger partial charge in [0.05, 0.1) is 22.8 Å². The molecule has 0 aliphatic heterocycles. The smallest absolute Gasteiger partial charge is 0.280 e. The Morgan fingerprint density at radius 3 is 2.93 bits per heavy atom. The normalized spacial score (nSPS) is 14.5. The van der Waals surface area contributed by atoms with E-state index >= 15 is 0 Å². The van der Waals surface area contributed by atoms with Crippen LogP contribution >= 0.6 is 22.7 Å².